The molecule has 37 heavy (non-hydrogen) atoms. The molecule has 190 valence electrons. The Morgan fingerprint density at radius 3 is 1.24 bits per heavy atom. The van der Waals surface area contributed by atoms with Crippen LogP contribution in [0, 0.1) is 0 Å². The zero-order valence-electron chi connectivity index (χ0n) is 18.9. The molecule has 4 aromatic rings. The normalized spacial score (nSPS) is 12.0. The summed E-state index contributed by atoms with van der Waals surface area (Å²) in [6, 6.07) is 21.5. The third kappa shape index (κ3) is 5.87. The van der Waals surface area contributed by atoms with Crippen LogP contribution in [-0.2, 0) is 20.2 Å². The summed E-state index contributed by atoms with van der Waals surface area (Å²) in [4.78, 5) is 11.4. The first-order chi connectivity index (χ1) is 17.3. The third-order valence-electron chi connectivity index (χ3n) is 5.70. The van der Waals surface area contributed by atoms with Gasteiger partial charge in [0.15, 0.2) is 5.78 Å². The lowest BCUT2D eigenvalue weighted by molar-refractivity contribution is 0.103. The highest BCUT2D eigenvalue weighted by molar-refractivity contribution is 7.86. The molecule has 0 heterocycles. The van der Waals surface area contributed by atoms with Crippen molar-refractivity contribution in [1.82, 2.24) is 0 Å². The van der Waals surface area contributed by atoms with Crippen molar-refractivity contribution in [2.24, 2.45) is 0 Å². The van der Waals surface area contributed by atoms with E-state index in [1.54, 1.807) is 36.4 Å². The molecule has 0 saturated heterocycles. The Morgan fingerprint density at radius 2 is 0.892 bits per heavy atom. The van der Waals surface area contributed by atoms with Gasteiger partial charge in [0.2, 0.25) is 0 Å². The number of hydrogen-bond donors (Lipinski definition) is 4. The predicted octanol–water partition coefficient (Wildman–Crippen LogP) is 4.00. The SMILES string of the molecule is O=C(c1ccc(C(c2ccc(O)cc2)c2ccc(O)cc2)cc1)c1cc(S(=O)(=O)O)cc(S(=O)(=O)O)c1. The van der Waals surface area contributed by atoms with Gasteiger partial charge in [-0.15, -0.1) is 0 Å². The summed E-state index contributed by atoms with van der Waals surface area (Å²) >= 11 is 0. The summed E-state index contributed by atoms with van der Waals surface area (Å²) in [6.45, 7) is 0. The average molecular weight is 541 g/mol. The third-order valence-corrected chi connectivity index (χ3v) is 7.36. The van der Waals surface area contributed by atoms with E-state index in [2.05, 4.69) is 0 Å². The number of rotatable bonds is 7. The molecular weight excluding hydrogens is 520 g/mol. The summed E-state index contributed by atoms with van der Waals surface area (Å²) in [7, 11) is -9.75. The number of benzene rings is 4. The van der Waals surface area contributed by atoms with Gasteiger partial charge in [-0.05, 0) is 59.2 Å². The van der Waals surface area contributed by atoms with Crippen molar-refractivity contribution in [1.29, 1.82) is 0 Å². The molecular formula is C26H20O9S2. The molecule has 0 unspecified atom stereocenters. The summed E-state index contributed by atoms with van der Waals surface area (Å²) in [6.07, 6.45) is 0. The average Bonchev–Trinajstić information content (AvgIpc) is 2.85. The number of ketones is 1. The first kappa shape index (κ1) is 26.0. The van der Waals surface area contributed by atoms with E-state index >= 15 is 0 Å². The second-order valence-corrected chi connectivity index (χ2v) is 11.1. The van der Waals surface area contributed by atoms with E-state index < -0.39 is 35.8 Å². The molecule has 0 aliphatic heterocycles. The van der Waals surface area contributed by atoms with Gasteiger partial charge in [-0.25, -0.2) is 0 Å². The maximum atomic E-state index is 13.1. The first-order valence-corrected chi connectivity index (χ1v) is 13.5. The standard InChI is InChI=1S/C26H20O9S2/c27-21-9-5-17(6-10-21)25(18-7-11-22(28)12-8-18)16-1-3-19(4-2-16)26(29)20-13-23(36(30,31)32)15-24(14-20)37(33,34)35/h1-15,25,27-28H,(H,30,31,32)(H,33,34,35). The monoisotopic (exact) mass is 540 g/mol. The van der Waals surface area contributed by atoms with Gasteiger partial charge in [0.05, 0.1) is 9.79 Å². The minimum atomic E-state index is -4.87. The van der Waals surface area contributed by atoms with Crippen LogP contribution in [0.3, 0.4) is 0 Å². The highest BCUT2D eigenvalue weighted by atomic mass is 32.2. The number of hydrogen-bond acceptors (Lipinski definition) is 7. The van der Waals surface area contributed by atoms with E-state index in [4.69, 9.17) is 0 Å². The Kier molecular flexibility index (Phi) is 6.89. The second kappa shape index (κ2) is 9.79. The molecule has 0 amide bonds. The van der Waals surface area contributed by atoms with Crippen LogP contribution < -0.4 is 0 Å². The van der Waals surface area contributed by atoms with Crippen LogP contribution in [0.1, 0.15) is 38.5 Å². The molecule has 0 spiro atoms. The molecule has 4 aromatic carbocycles. The number of carbonyl (C=O) groups excluding carboxylic acids is 1. The quantitative estimate of drug-likeness (QED) is 0.154. The van der Waals surface area contributed by atoms with Gasteiger partial charge in [-0.3, -0.25) is 13.9 Å². The summed E-state index contributed by atoms with van der Waals surface area (Å²) in [5.41, 5.74) is 2.11. The van der Waals surface area contributed by atoms with Gasteiger partial charge >= 0.3 is 0 Å². The lowest BCUT2D eigenvalue weighted by atomic mass is 9.84. The number of aromatic hydroxyl groups is 2. The van der Waals surface area contributed by atoms with Crippen LogP contribution in [0.4, 0.5) is 0 Å². The van der Waals surface area contributed by atoms with Crippen molar-refractivity contribution in [3.05, 3.63) is 119 Å². The van der Waals surface area contributed by atoms with Crippen molar-refractivity contribution in [2.45, 2.75) is 15.7 Å². The first-order valence-electron chi connectivity index (χ1n) is 10.7. The predicted molar refractivity (Wildman–Crippen MR) is 133 cm³/mol. The largest absolute Gasteiger partial charge is 0.508 e. The number of phenolic OH excluding ortho intramolecular Hbond substituents is 2. The smallest absolute Gasteiger partial charge is 0.294 e. The minimum absolute atomic E-state index is 0.0885. The molecule has 4 N–H and O–H groups in total. The molecule has 0 saturated carbocycles. The van der Waals surface area contributed by atoms with Crippen LogP contribution in [0.2, 0.25) is 0 Å². The topological polar surface area (TPSA) is 166 Å². The van der Waals surface area contributed by atoms with Gasteiger partial charge < -0.3 is 10.2 Å². The van der Waals surface area contributed by atoms with Gasteiger partial charge in [-0.1, -0.05) is 48.5 Å². The maximum Gasteiger partial charge on any atom is 0.294 e. The molecule has 0 aromatic heterocycles. The summed E-state index contributed by atoms with van der Waals surface area (Å²) in [5.74, 6) is -0.900. The van der Waals surface area contributed by atoms with Crippen LogP contribution >= 0.6 is 0 Å². The van der Waals surface area contributed by atoms with E-state index in [0.717, 1.165) is 28.8 Å². The Balaban J connectivity index is 1.76. The van der Waals surface area contributed by atoms with Crippen LogP contribution in [-0.4, -0.2) is 41.9 Å². The molecule has 0 aliphatic carbocycles. The van der Waals surface area contributed by atoms with Crippen molar-refractivity contribution >= 4 is 26.0 Å². The van der Waals surface area contributed by atoms with E-state index in [0.29, 0.717) is 6.07 Å². The fourth-order valence-corrected chi connectivity index (χ4v) is 5.08. The highest BCUT2D eigenvalue weighted by Gasteiger charge is 2.22. The number of carbonyl (C=O) groups is 1. The van der Waals surface area contributed by atoms with Crippen molar-refractivity contribution < 1.29 is 40.9 Å². The van der Waals surface area contributed by atoms with Gasteiger partial charge in [0.1, 0.15) is 11.5 Å². The zero-order chi connectivity index (χ0) is 27.0. The van der Waals surface area contributed by atoms with E-state index in [1.807, 2.05) is 0 Å². The second-order valence-electron chi connectivity index (χ2n) is 8.21. The molecule has 0 bridgehead atoms. The Hall–Kier alpha value is -4.03. The highest BCUT2D eigenvalue weighted by Crippen LogP contribution is 2.34. The van der Waals surface area contributed by atoms with Crippen molar-refractivity contribution in [3.8, 4) is 11.5 Å². The van der Waals surface area contributed by atoms with Crippen LogP contribution in [0.25, 0.3) is 0 Å². The van der Waals surface area contributed by atoms with Crippen molar-refractivity contribution in [3.63, 3.8) is 0 Å². The van der Waals surface area contributed by atoms with E-state index in [-0.39, 0.29) is 28.5 Å². The van der Waals surface area contributed by atoms with Crippen molar-refractivity contribution in [2.75, 3.05) is 0 Å². The Labute approximate surface area is 212 Å². The molecule has 0 aliphatic rings. The van der Waals surface area contributed by atoms with Gasteiger partial charge in [-0.2, -0.15) is 16.8 Å². The number of phenols is 2. The maximum absolute atomic E-state index is 13.1. The molecule has 4 rings (SSSR count). The lowest BCUT2D eigenvalue weighted by Gasteiger charge is -2.19. The molecule has 0 atom stereocenters. The Bertz CT molecular complexity index is 1580. The lowest BCUT2D eigenvalue weighted by Crippen LogP contribution is -2.09. The fourth-order valence-electron chi connectivity index (χ4n) is 3.91. The molecule has 0 fully saturated rings. The summed E-state index contributed by atoms with van der Waals surface area (Å²) < 4.78 is 65.1. The van der Waals surface area contributed by atoms with Crippen LogP contribution in [0.5, 0.6) is 11.5 Å². The van der Waals surface area contributed by atoms with Gasteiger partial charge in [0.25, 0.3) is 20.2 Å². The van der Waals surface area contributed by atoms with E-state index in [1.165, 1.54) is 36.4 Å². The van der Waals surface area contributed by atoms with E-state index in [9.17, 15) is 40.9 Å². The Morgan fingerprint density at radius 1 is 0.541 bits per heavy atom. The molecule has 11 heteroatoms. The van der Waals surface area contributed by atoms with Gasteiger partial charge in [0, 0.05) is 17.0 Å². The fraction of sp³-hybridized carbons (Fsp3) is 0.0385. The van der Waals surface area contributed by atoms with Crippen LogP contribution in [0.15, 0.2) is 101 Å². The zero-order valence-corrected chi connectivity index (χ0v) is 20.5. The molecule has 0 radical (unpaired) electrons. The minimum Gasteiger partial charge on any atom is -0.508 e. The molecule has 9 nitrogen and oxygen atoms in total. The summed E-state index contributed by atoms with van der Waals surface area (Å²) in [5, 5.41) is 19.4.